The lowest BCUT2D eigenvalue weighted by Gasteiger charge is -2.18. The Morgan fingerprint density at radius 3 is 2.64 bits per heavy atom. The number of nitrogens with zero attached hydrogens (tertiary/aromatic N) is 1. The lowest BCUT2D eigenvalue weighted by molar-refractivity contribution is -0.118. The van der Waals surface area contributed by atoms with E-state index in [9.17, 15) is 4.79 Å². The molecule has 1 aliphatic carbocycles. The maximum atomic E-state index is 10.7. The highest BCUT2D eigenvalue weighted by atomic mass is 16.3. The van der Waals surface area contributed by atoms with Crippen LogP contribution in [0.3, 0.4) is 0 Å². The molecule has 1 aliphatic rings. The van der Waals surface area contributed by atoms with Crippen LogP contribution in [0.2, 0.25) is 0 Å². The molecule has 0 spiro atoms. The molecule has 0 heterocycles. The third kappa shape index (κ3) is 2.99. The highest BCUT2D eigenvalue weighted by molar-refractivity contribution is 5.77. The summed E-state index contributed by atoms with van der Waals surface area (Å²) < 4.78 is 0. The third-order valence-electron chi connectivity index (χ3n) is 1.88. The first-order valence-electron chi connectivity index (χ1n) is 4.08. The molecule has 0 saturated heterocycles. The first kappa shape index (κ1) is 8.68. The molecule has 0 aliphatic heterocycles. The van der Waals surface area contributed by atoms with Crippen LogP contribution in [0.25, 0.3) is 0 Å². The van der Waals surface area contributed by atoms with Crippen LogP contribution in [-0.2, 0) is 4.79 Å². The summed E-state index contributed by atoms with van der Waals surface area (Å²) in [6, 6.07) is 0.575. The average molecular weight is 157 g/mol. The van der Waals surface area contributed by atoms with Crippen LogP contribution in [0.4, 0.5) is 0 Å². The van der Waals surface area contributed by atoms with Crippen molar-refractivity contribution in [2.24, 2.45) is 0 Å². The normalized spacial score (nSPS) is 17.4. The van der Waals surface area contributed by atoms with E-state index in [1.54, 1.807) is 6.92 Å². The van der Waals surface area contributed by atoms with E-state index < -0.39 is 0 Å². The van der Waals surface area contributed by atoms with Gasteiger partial charge in [0.1, 0.15) is 5.78 Å². The maximum absolute atomic E-state index is 10.7. The zero-order chi connectivity index (χ0) is 8.27. The van der Waals surface area contributed by atoms with E-state index in [0.717, 1.165) is 0 Å². The highest BCUT2D eigenvalue weighted by Crippen LogP contribution is 2.25. The fourth-order valence-electron chi connectivity index (χ4n) is 1.24. The molecule has 64 valence electrons. The van der Waals surface area contributed by atoms with Crippen molar-refractivity contribution in [1.82, 2.24) is 4.90 Å². The van der Waals surface area contributed by atoms with Crippen molar-refractivity contribution in [3.05, 3.63) is 0 Å². The summed E-state index contributed by atoms with van der Waals surface area (Å²) in [4.78, 5) is 12.8. The van der Waals surface area contributed by atoms with Crippen LogP contribution in [-0.4, -0.2) is 41.5 Å². The molecular weight excluding hydrogens is 142 g/mol. The number of carbonyl (C=O) groups is 1. The summed E-state index contributed by atoms with van der Waals surface area (Å²) in [5.41, 5.74) is 0. The van der Waals surface area contributed by atoms with Gasteiger partial charge in [-0.2, -0.15) is 0 Å². The molecule has 3 nitrogen and oxygen atoms in total. The molecular formula is C8H15NO2. The Bertz CT molecular complexity index is 143. The zero-order valence-electron chi connectivity index (χ0n) is 6.92. The van der Waals surface area contributed by atoms with Gasteiger partial charge in [0.25, 0.3) is 0 Å². The van der Waals surface area contributed by atoms with Gasteiger partial charge in [0.2, 0.25) is 0 Å². The Balaban J connectivity index is 2.26. The van der Waals surface area contributed by atoms with Crippen molar-refractivity contribution in [2.45, 2.75) is 25.8 Å². The Morgan fingerprint density at radius 2 is 2.27 bits per heavy atom. The molecule has 11 heavy (non-hydrogen) atoms. The summed E-state index contributed by atoms with van der Waals surface area (Å²) in [6.45, 7) is 2.89. The number of hydrogen-bond acceptors (Lipinski definition) is 3. The second kappa shape index (κ2) is 3.83. The van der Waals surface area contributed by atoms with Gasteiger partial charge in [0.15, 0.2) is 0 Å². The summed E-state index contributed by atoms with van der Waals surface area (Å²) in [5, 5.41) is 8.67. The summed E-state index contributed by atoms with van der Waals surface area (Å²) >= 11 is 0. The summed E-state index contributed by atoms with van der Waals surface area (Å²) in [7, 11) is 0. The molecule has 0 amide bonds. The highest BCUT2D eigenvalue weighted by Gasteiger charge is 2.28. The molecule has 0 radical (unpaired) electrons. The molecule has 1 fully saturated rings. The van der Waals surface area contributed by atoms with Crippen LogP contribution in [0.5, 0.6) is 0 Å². The van der Waals surface area contributed by atoms with Crippen molar-refractivity contribution in [3.63, 3.8) is 0 Å². The smallest absolute Gasteiger partial charge is 0.143 e. The Morgan fingerprint density at radius 1 is 1.64 bits per heavy atom. The van der Waals surface area contributed by atoms with Gasteiger partial charge in [0, 0.05) is 12.6 Å². The molecule has 0 aromatic rings. The summed E-state index contributed by atoms with van der Waals surface area (Å²) in [5.74, 6) is 0.186. The van der Waals surface area contributed by atoms with E-state index >= 15 is 0 Å². The van der Waals surface area contributed by atoms with E-state index in [0.29, 0.717) is 19.1 Å². The van der Waals surface area contributed by atoms with Crippen LogP contribution < -0.4 is 0 Å². The van der Waals surface area contributed by atoms with E-state index in [4.69, 9.17) is 5.11 Å². The lowest BCUT2D eigenvalue weighted by atomic mass is 10.3. The van der Waals surface area contributed by atoms with Crippen molar-refractivity contribution in [2.75, 3.05) is 19.7 Å². The van der Waals surface area contributed by atoms with Crippen LogP contribution in [0, 0.1) is 0 Å². The monoisotopic (exact) mass is 157 g/mol. The number of Topliss-reactive ketones (excluding diaryl/α,β-unsaturated/α-hetero) is 1. The molecule has 1 saturated carbocycles. The minimum atomic E-state index is 0.157. The van der Waals surface area contributed by atoms with Crippen molar-refractivity contribution >= 4 is 5.78 Å². The van der Waals surface area contributed by atoms with Gasteiger partial charge in [-0.3, -0.25) is 9.69 Å². The predicted octanol–water partition coefficient (Wildman–Crippen LogP) is 0.0321. The standard InChI is InChI=1S/C8H15NO2/c1-7(11)6-9(4-5-10)8-2-3-8/h8,10H,2-6H2,1H3. The zero-order valence-corrected chi connectivity index (χ0v) is 6.92. The number of aliphatic hydroxyl groups excluding tert-OH is 1. The first-order valence-corrected chi connectivity index (χ1v) is 4.08. The molecule has 0 aromatic heterocycles. The second-order valence-corrected chi connectivity index (χ2v) is 3.13. The number of aliphatic hydroxyl groups is 1. The lowest BCUT2D eigenvalue weighted by Crippen LogP contribution is -2.33. The quantitative estimate of drug-likeness (QED) is 0.612. The fourth-order valence-corrected chi connectivity index (χ4v) is 1.24. The van der Waals surface area contributed by atoms with E-state index in [-0.39, 0.29) is 12.4 Å². The predicted molar refractivity (Wildman–Crippen MR) is 42.4 cm³/mol. The number of carbonyl (C=O) groups excluding carboxylic acids is 1. The van der Waals surface area contributed by atoms with Gasteiger partial charge >= 0.3 is 0 Å². The minimum absolute atomic E-state index is 0.157. The molecule has 3 heteroatoms. The molecule has 0 bridgehead atoms. The maximum Gasteiger partial charge on any atom is 0.143 e. The third-order valence-corrected chi connectivity index (χ3v) is 1.88. The summed E-state index contributed by atoms with van der Waals surface area (Å²) in [6.07, 6.45) is 2.38. The van der Waals surface area contributed by atoms with Crippen molar-refractivity contribution in [1.29, 1.82) is 0 Å². The van der Waals surface area contributed by atoms with Gasteiger partial charge in [-0.05, 0) is 19.8 Å². The van der Waals surface area contributed by atoms with Crippen LogP contribution in [0.1, 0.15) is 19.8 Å². The van der Waals surface area contributed by atoms with Gasteiger partial charge < -0.3 is 5.11 Å². The topological polar surface area (TPSA) is 40.5 Å². The minimum Gasteiger partial charge on any atom is -0.395 e. The molecule has 0 aromatic carbocycles. The van der Waals surface area contributed by atoms with Crippen LogP contribution >= 0.6 is 0 Å². The SMILES string of the molecule is CC(=O)CN(CCO)C1CC1. The van der Waals surface area contributed by atoms with E-state index in [2.05, 4.69) is 4.90 Å². The van der Waals surface area contributed by atoms with E-state index in [1.807, 2.05) is 0 Å². The number of ketones is 1. The second-order valence-electron chi connectivity index (χ2n) is 3.13. The Kier molecular flexibility index (Phi) is 3.02. The first-order chi connectivity index (χ1) is 5.24. The molecule has 0 unspecified atom stereocenters. The average Bonchev–Trinajstić information content (AvgIpc) is 2.66. The van der Waals surface area contributed by atoms with Crippen molar-refractivity contribution < 1.29 is 9.90 Å². The molecule has 1 rings (SSSR count). The largest absolute Gasteiger partial charge is 0.395 e. The van der Waals surface area contributed by atoms with Gasteiger partial charge in [-0.25, -0.2) is 0 Å². The number of rotatable bonds is 5. The van der Waals surface area contributed by atoms with Gasteiger partial charge in [-0.15, -0.1) is 0 Å². The van der Waals surface area contributed by atoms with Gasteiger partial charge in [-0.1, -0.05) is 0 Å². The van der Waals surface area contributed by atoms with Crippen molar-refractivity contribution in [3.8, 4) is 0 Å². The Labute approximate surface area is 67.0 Å². The molecule has 1 N–H and O–H groups in total. The van der Waals surface area contributed by atoms with Gasteiger partial charge in [0.05, 0.1) is 13.2 Å². The van der Waals surface area contributed by atoms with Crippen LogP contribution in [0.15, 0.2) is 0 Å². The van der Waals surface area contributed by atoms with E-state index in [1.165, 1.54) is 12.8 Å². The number of hydrogen-bond donors (Lipinski definition) is 1. The Hall–Kier alpha value is -0.410. The fraction of sp³-hybridized carbons (Fsp3) is 0.875. The molecule has 0 atom stereocenters.